The Balaban J connectivity index is 1.46. The van der Waals surface area contributed by atoms with Crippen LogP contribution in [0.15, 0.2) is 31.1 Å². The number of likely N-dealkylation sites (N-methyl/N-ethyl adjacent to an activating group) is 1. The zero-order valence-corrected chi connectivity index (χ0v) is 22.9. The minimum atomic E-state index is -0.0443. The van der Waals surface area contributed by atoms with Gasteiger partial charge in [-0.15, -0.1) is 0 Å². The monoisotopic (exact) mass is 601 g/mol. The van der Waals surface area contributed by atoms with E-state index >= 15 is 0 Å². The molecule has 0 bridgehead atoms. The molecular formula is C25H28IN7O3. The number of rotatable bonds is 10. The number of hydrogen-bond acceptors (Lipinski definition) is 7. The van der Waals surface area contributed by atoms with Gasteiger partial charge in [-0.2, -0.15) is 10.2 Å². The Morgan fingerprint density at radius 2 is 2.11 bits per heavy atom. The van der Waals surface area contributed by atoms with Crippen molar-refractivity contribution >= 4 is 45.5 Å². The van der Waals surface area contributed by atoms with Crippen molar-refractivity contribution in [2.24, 2.45) is 7.05 Å². The summed E-state index contributed by atoms with van der Waals surface area (Å²) in [7, 11) is 5.20. The molecule has 0 aromatic carbocycles. The summed E-state index contributed by atoms with van der Waals surface area (Å²) in [5.41, 5.74) is 4.97. The van der Waals surface area contributed by atoms with Crippen molar-refractivity contribution in [3.05, 3.63) is 51.8 Å². The van der Waals surface area contributed by atoms with Gasteiger partial charge >= 0.3 is 0 Å². The fourth-order valence-corrected chi connectivity index (χ4v) is 4.55. The number of methoxy groups -OCH3 is 1. The highest BCUT2D eigenvalue weighted by Gasteiger charge is 2.18. The lowest BCUT2D eigenvalue weighted by molar-refractivity contribution is -0.129. The van der Waals surface area contributed by atoms with Crippen LogP contribution in [-0.2, 0) is 24.7 Å². The lowest BCUT2D eigenvalue weighted by atomic mass is 10.1. The molecule has 10 nitrogen and oxygen atoms in total. The number of nitrogens with zero attached hydrogens (tertiary/aromatic N) is 6. The highest BCUT2D eigenvalue weighted by molar-refractivity contribution is 14.1. The molecule has 0 aliphatic rings. The summed E-state index contributed by atoms with van der Waals surface area (Å²) in [6, 6.07) is 3.74. The Labute approximate surface area is 222 Å². The highest BCUT2D eigenvalue weighted by atomic mass is 127. The van der Waals surface area contributed by atoms with Gasteiger partial charge < -0.3 is 14.4 Å². The number of halogens is 1. The standard InChI is InChI=1S/C25H28IN7O3/c1-6-15-19(31-33(4)21(15)7-2)12-24(34)32(3)8-9-36-22-14-28-23(35-5)11-16(22)18-10-17-20(13-27-18)29-30-25(17)26/h6,10-11,13-14H,1,7-9,12H2,2-5H3,(H,29,30). The molecule has 1 amide bonds. The van der Waals surface area contributed by atoms with Crippen LogP contribution in [0, 0.1) is 3.70 Å². The number of H-pyrrole nitrogens is 1. The zero-order chi connectivity index (χ0) is 25.8. The molecule has 0 fully saturated rings. The number of pyridine rings is 2. The van der Waals surface area contributed by atoms with Crippen LogP contribution in [0.3, 0.4) is 0 Å². The first-order valence-electron chi connectivity index (χ1n) is 11.4. The second kappa shape index (κ2) is 11.1. The Hall–Kier alpha value is -3.48. The molecule has 0 aliphatic carbocycles. The minimum absolute atomic E-state index is 0.0443. The summed E-state index contributed by atoms with van der Waals surface area (Å²) in [6.07, 6.45) is 6.12. The lowest BCUT2D eigenvalue weighted by Crippen LogP contribution is -2.32. The summed E-state index contributed by atoms with van der Waals surface area (Å²) in [5.74, 6) is 0.957. The van der Waals surface area contributed by atoms with Crippen molar-refractivity contribution in [2.75, 3.05) is 27.3 Å². The predicted octanol–water partition coefficient (Wildman–Crippen LogP) is 3.65. The smallest absolute Gasteiger partial charge is 0.228 e. The normalized spacial score (nSPS) is 11.0. The number of fused-ring (bicyclic) bond motifs is 1. The number of carbonyl (C=O) groups is 1. The van der Waals surface area contributed by atoms with Crippen LogP contribution in [0.25, 0.3) is 28.2 Å². The molecule has 188 valence electrons. The van der Waals surface area contributed by atoms with Gasteiger partial charge in [0, 0.05) is 42.4 Å². The lowest BCUT2D eigenvalue weighted by Gasteiger charge is -2.18. The maximum absolute atomic E-state index is 12.9. The number of aromatic amines is 1. The van der Waals surface area contributed by atoms with E-state index in [1.165, 1.54) is 0 Å². The zero-order valence-electron chi connectivity index (χ0n) is 20.7. The maximum atomic E-state index is 12.9. The van der Waals surface area contributed by atoms with Gasteiger partial charge in [0.15, 0.2) is 0 Å². The van der Waals surface area contributed by atoms with Gasteiger partial charge in [-0.25, -0.2) is 4.98 Å². The average Bonchev–Trinajstić information content (AvgIpc) is 3.41. The molecule has 0 spiro atoms. The molecule has 0 saturated heterocycles. The number of aryl methyl sites for hydroxylation is 1. The van der Waals surface area contributed by atoms with Crippen LogP contribution < -0.4 is 9.47 Å². The van der Waals surface area contributed by atoms with Crippen molar-refractivity contribution in [3.63, 3.8) is 0 Å². The summed E-state index contributed by atoms with van der Waals surface area (Å²) in [4.78, 5) is 23.3. The fourth-order valence-electron chi connectivity index (χ4n) is 4.00. The molecular weight excluding hydrogens is 573 g/mol. The van der Waals surface area contributed by atoms with Crippen LogP contribution in [0.4, 0.5) is 0 Å². The number of hydrogen-bond donors (Lipinski definition) is 1. The van der Waals surface area contributed by atoms with Gasteiger partial charge in [0.2, 0.25) is 11.8 Å². The second-order valence-corrected chi connectivity index (χ2v) is 9.25. The summed E-state index contributed by atoms with van der Waals surface area (Å²) in [6.45, 7) is 6.63. The Morgan fingerprint density at radius 3 is 2.83 bits per heavy atom. The molecule has 0 aliphatic heterocycles. The fraction of sp³-hybridized carbons (Fsp3) is 0.320. The molecule has 11 heteroatoms. The van der Waals surface area contributed by atoms with E-state index in [9.17, 15) is 4.79 Å². The van der Waals surface area contributed by atoms with Gasteiger partial charge in [-0.3, -0.25) is 19.6 Å². The Bertz CT molecular complexity index is 1410. The Morgan fingerprint density at radius 1 is 1.31 bits per heavy atom. The van der Waals surface area contributed by atoms with Gasteiger partial charge in [-0.1, -0.05) is 19.6 Å². The highest BCUT2D eigenvalue weighted by Crippen LogP contribution is 2.33. The molecule has 4 heterocycles. The van der Waals surface area contributed by atoms with Crippen molar-refractivity contribution in [1.82, 2.24) is 34.8 Å². The van der Waals surface area contributed by atoms with E-state index in [2.05, 4.69) is 61.4 Å². The van der Waals surface area contributed by atoms with Gasteiger partial charge in [0.25, 0.3) is 0 Å². The number of aromatic nitrogens is 6. The number of nitrogens with one attached hydrogen (secondary N) is 1. The van der Waals surface area contributed by atoms with Crippen molar-refractivity contribution in [2.45, 2.75) is 19.8 Å². The van der Waals surface area contributed by atoms with E-state index in [0.29, 0.717) is 23.9 Å². The molecule has 0 saturated carbocycles. The van der Waals surface area contributed by atoms with Crippen molar-refractivity contribution in [3.8, 4) is 22.9 Å². The summed E-state index contributed by atoms with van der Waals surface area (Å²) >= 11 is 2.20. The van der Waals surface area contributed by atoms with Gasteiger partial charge in [0.05, 0.1) is 43.9 Å². The molecule has 0 unspecified atom stereocenters. The number of carbonyl (C=O) groups excluding carboxylic acids is 1. The molecule has 0 atom stereocenters. The van der Waals surface area contributed by atoms with Crippen molar-refractivity contribution in [1.29, 1.82) is 0 Å². The summed E-state index contributed by atoms with van der Waals surface area (Å²) in [5, 5.41) is 12.7. The van der Waals surface area contributed by atoms with Crippen molar-refractivity contribution < 1.29 is 14.3 Å². The second-order valence-electron chi connectivity index (χ2n) is 8.18. The number of ether oxygens (including phenoxy) is 2. The quantitative estimate of drug-likeness (QED) is 0.277. The van der Waals surface area contributed by atoms with Crippen LogP contribution in [-0.4, -0.2) is 68.1 Å². The predicted molar refractivity (Wildman–Crippen MR) is 146 cm³/mol. The molecule has 4 rings (SSSR count). The van der Waals surface area contributed by atoms with E-state index in [1.807, 2.05) is 17.8 Å². The third-order valence-corrected chi connectivity index (χ3v) is 6.79. The molecule has 4 aromatic rings. The largest absolute Gasteiger partial charge is 0.489 e. The SMILES string of the molecule is C=Cc1c(CC(=O)N(C)CCOc2cnc(OC)cc2-c2cc3c(I)[nH]nc3cn2)nn(C)c1CC. The topological polar surface area (TPSA) is 111 Å². The average molecular weight is 601 g/mol. The third kappa shape index (κ3) is 5.20. The van der Waals surface area contributed by atoms with Gasteiger partial charge in [-0.05, 0) is 35.1 Å². The first kappa shape index (κ1) is 25.6. The third-order valence-electron chi connectivity index (χ3n) is 5.97. The van der Waals surface area contributed by atoms with E-state index < -0.39 is 0 Å². The first-order valence-corrected chi connectivity index (χ1v) is 12.5. The maximum Gasteiger partial charge on any atom is 0.228 e. The molecule has 1 N–H and O–H groups in total. The van der Waals surface area contributed by atoms with Crippen LogP contribution in [0.2, 0.25) is 0 Å². The van der Waals surface area contributed by atoms with E-state index in [1.54, 1.807) is 43.6 Å². The minimum Gasteiger partial charge on any atom is -0.489 e. The first-order chi connectivity index (χ1) is 17.4. The molecule has 36 heavy (non-hydrogen) atoms. The molecule has 0 radical (unpaired) electrons. The summed E-state index contributed by atoms with van der Waals surface area (Å²) < 4.78 is 14.1. The van der Waals surface area contributed by atoms with Gasteiger partial charge in [0.1, 0.15) is 21.6 Å². The van der Waals surface area contributed by atoms with E-state index in [4.69, 9.17) is 9.47 Å². The number of amides is 1. The van der Waals surface area contributed by atoms with E-state index in [-0.39, 0.29) is 18.9 Å². The van der Waals surface area contributed by atoms with Crippen LogP contribution in [0.1, 0.15) is 23.9 Å². The molecule has 4 aromatic heterocycles. The Kier molecular flexibility index (Phi) is 7.87. The van der Waals surface area contributed by atoms with E-state index in [0.717, 1.165) is 43.5 Å². The van der Waals surface area contributed by atoms with Crippen LogP contribution in [0.5, 0.6) is 11.6 Å². The van der Waals surface area contributed by atoms with Crippen LogP contribution >= 0.6 is 22.6 Å².